The van der Waals surface area contributed by atoms with Crippen LogP contribution in [0.25, 0.3) is 0 Å². The molecule has 0 unspecified atom stereocenters. The molecule has 0 bridgehead atoms. The van der Waals surface area contributed by atoms with Crippen LogP contribution in [0.4, 0.5) is 5.82 Å². The van der Waals surface area contributed by atoms with Crippen molar-refractivity contribution in [2.45, 2.75) is 26.8 Å². The smallest absolute Gasteiger partial charge is 0.335 e. The van der Waals surface area contributed by atoms with Crippen LogP contribution in [0.15, 0.2) is 16.7 Å². The van der Waals surface area contributed by atoms with E-state index in [1.165, 1.54) is 6.07 Å². The number of aromatic nitrogens is 3. The summed E-state index contributed by atoms with van der Waals surface area (Å²) in [6, 6.07) is 3.04. The molecular formula is C12H14N4O3. The molecule has 0 aliphatic heterocycles. The Kier molecular flexibility index (Phi) is 3.74. The molecule has 2 heterocycles. The summed E-state index contributed by atoms with van der Waals surface area (Å²) in [6.07, 6.45) is 0.664. The van der Waals surface area contributed by atoms with Crippen molar-refractivity contribution in [2.24, 2.45) is 0 Å². The van der Waals surface area contributed by atoms with E-state index in [0.717, 1.165) is 0 Å². The number of pyridine rings is 1. The number of carboxylic acid groups (broad SMARTS) is 1. The lowest BCUT2D eigenvalue weighted by molar-refractivity contribution is 0.0696. The van der Waals surface area contributed by atoms with Gasteiger partial charge in [-0.2, -0.15) is 4.98 Å². The van der Waals surface area contributed by atoms with E-state index in [1.54, 1.807) is 13.0 Å². The molecule has 19 heavy (non-hydrogen) atoms. The van der Waals surface area contributed by atoms with Gasteiger partial charge in [0.2, 0.25) is 5.89 Å². The van der Waals surface area contributed by atoms with E-state index in [4.69, 9.17) is 9.63 Å². The average molecular weight is 262 g/mol. The molecule has 0 aliphatic carbocycles. The van der Waals surface area contributed by atoms with Gasteiger partial charge in [0, 0.05) is 12.6 Å². The summed E-state index contributed by atoms with van der Waals surface area (Å²) in [7, 11) is 0. The molecule has 2 N–H and O–H groups in total. The van der Waals surface area contributed by atoms with Gasteiger partial charge in [-0.1, -0.05) is 12.1 Å². The van der Waals surface area contributed by atoms with Crippen molar-refractivity contribution in [3.8, 4) is 0 Å². The lowest BCUT2D eigenvalue weighted by Gasteiger charge is -2.06. The van der Waals surface area contributed by atoms with Crippen molar-refractivity contribution in [2.75, 3.05) is 5.32 Å². The maximum atomic E-state index is 11.0. The minimum Gasteiger partial charge on any atom is -0.478 e. The number of hydrogen-bond acceptors (Lipinski definition) is 6. The standard InChI is InChI=1S/C12H14N4O3/c1-3-9-4-8(12(17)18)5-10(15-9)13-6-11-14-7(2)19-16-11/h4-5H,3,6H2,1-2H3,(H,13,15)(H,17,18). The molecule has 0 saturated carbocycles. The summed E-state index contributed by atoms with van der Waals surface area (Å²) in [6.45, 7) is 3.95. The zero-order valence-electron chi connectivity index (χ0n) is 10.7. The third-order valence-corrected chi connectivity index (χ3v) is 2.48. The summed E-state index contributed by atoms with van der Waals surface area (Å²) >= 11 is 0. The van der Waals surface area contributed by atoms with Gasteiger partial charge in [0.25, 0.3) is 0 Å². The van der Waals surface area contributed by atoms with Crippen molar-refractivity contribution in [1.29, 1.82) is 0 Å². The molecule has 0 aromatic carbocycles. The van der Waals surface area contributed by atoms with Crippen LogP contribution in [0.1, 0.15) is 34.7 Å². The highest BCUT2D eigenvalue weighted by Gasteiger charge is 2.08. The van der Waals surface area contributed by atoms with Gasteiger partial charge in [-0.3, -0.25) is 0 Å². The highest BCUT2D eigenvalue weighted by Crippen LogP contribution is 2.12. The number of aryl methyl sites for hydroxylation is 2. The van der Waals surface area contributed by atoms with Gasteiger partial charge in [0.15, 0.2) is 5.82 Å². The number of nitrogens with zero attached hydrogens (tertiary/aromatic N) is 3. The van der Waals surface area contributed by atoms with Gasteiger partial charge in [0.05, 0.1) is 12.1 Å². The van der Waals surface area contributed by atoms with E-state index in [1.807, 2.05) is 6.92 Å². The van der Waals surface area contributed by atoms with Crippen LogP contribution in [0.5, 0.6) is 0 Å². The lowest BCUT2D eigenvalue weighted by Crippen LogP contribution is -2.07. The van der Waals surface area contributed by atoms with Crippen molar-refractivity contribution < 1.29 is 14.4 Å². The van der Waals surface area contributed by atoms with Gasteiger partial charge >= 0.3 is 5.97 Å². The predicted molar refractivity (Wildman–Crippen MR) is 66.9 cm³/mol. The van der Waals surface area contributed by atoms with Gasteiger partial charge in [-0.25, -0.2) is 9.78 Å². The summed E-state index contributed by atoms with van der Waals surface area (Å²) in [5.74, 6) is 0.492. The predicted octanol–water partition coefficient (Wildman–Crippen LogP) is 1.65. The largest absolute Gasteiger partial charge is 0.478 e. The zero-order valence-corrected chi connectivity index (χ0v) is 10.7. The summed E-state index contributed by atoms with van der Waals surface area (Å²) < 4.78 is 4.84. The maximum absolute atomic E-state index is 11.0. The number of carboxylic acids is 1. The first kappa shape index (κ1) is 13.0. The lowest BCUT2D eigenvalue weighted by atomic mass is 10.2. The monoisotopic (exact) mass is 262 g/mol. The summed E-state index contributed by atoms with van der Waals surface area (Å²) in [5, 5.41) is 15.7. The Labute approximate surface area is 109 Å². The average Bonchev–Trinajstić information content (AvgIpc) is 2.81. The third kappa shape index (κ3) is 3.27. The number of aromatic carboxylic acids is 1. The SMILES string of the molecule is CCc1cc(C(=O)O)cc(NCc2noc(C)n2)n1. The van der Waals surface area contributed by atoms with Crippen molar-refractivity contribution in [3.63, 3.8) is 0 Å². The Bertz CT molecular complexity index is 594. The minimum absolute atomic E-state index is 0.207. The molecule has 7 nitrogen and oxygen atoms in total. The Morgan fingerprint density at radius 3 is 2.79 bits per heavy atom. The van der Waals surface area contributed by atoms with Gasteiger partial charge in [-0.15, -0.1) is 0 Å². The number of anilines is 1. The third-order valence-electron chi connectivity index (χ3n) is 2.48. The molecule has 0 amide bonds. The summed E-state index contributed by atoms with van der Waals surface area (Å²) in [4.78, 5) is 19.3. The summed E-state index contributed by atoms with van der Waals surface area (Å²) in [5.41, 5.74) is 0.922. The van der Waals surface area contributed by atoms with Gasteiger partial charge in [0.1, 0.15) is 5.82 Å². The second-order valence-corrected chi connectivity index (χ2v) is 3.97. The van der Waals surface area contributed by atoms with E-state index in [2.05, 4.69) is 20.4 Å². The Hall–Kier alpha value is -2.44. The molecule has 0 atom stereocenters. The Morgan fingerprint density at radius 1 is 1.42 bits per heavy atom. The van der Waals surface area contributed by atoms with E-state index in [-0.39, 0.29) is 5.56 Å². The second-order valence-electron chi connectivity index (χ2n) is 3.97. The zero-order chi connectivity index (χ0) is 13.8. The first-order chi connectivity index (χ1) is 9.08. The maximum Gasteiger partial charge on any atom is 0.335 e. The molecule has 2 rings (SSSR count). The molecule has 100 valence electrons. The molecule has 0 aliphatic rings. The minimum atomic E-state index is -0.976. The van der Waals surface area contributed by atoms with Crippen molar-refractivity contribution in [3.05, 3.63) is 35.1 Å². The Balaban J connectivity index is 2.15. The second kappa shape index (κ2) is 5.47. The van der Waals surface area contributed by atoms with E-state index in [9.17, 15) is 4.79 Å². The van der Waals surface area contributed by atoms with Gasteiger partial charge < -0.3 is 14.9 Å². The fourth-order valence-electron chi connectivity index (χ4n) is 1.57. The van der Waals surface area contributed by atoms with Crippen LogP contribution < -0.4 is 5.32 Å². The first-order valence-electron chi connectivity index (χ1n) is 5.85. The van der Waals surface area contributed by atoms with Crippen LogP contribution in [0, 0.1) is 6.92 Å². The van der Waals surface area contributed by atoms with E-state index >= 15 is 0 Å². The fourth-order valence-corrected chi connectivity index (χ4v) is 1.57. The molecular weight excluding hydrogens is 248 g/mol. The van der Waals surface area contributed by atoms with E-state index in [0.29, 0.717) is 36.2 Å². The molecule has 7 heteroatoms. The number of nitrogens with one attached hydrogen (secondary N) is 1. The van der Waals surface area contributed by atoms with Crippen LogP contribution in [0.3, 0.4) is 0 Å². The van der Waals surface area contributed by atoms with Crippen LogP contribution in [-0.2, 0) is 13.0 Å². The first-order valence-corrected chi connectivity index (χ1v) is 5.85. The molecule has 0 radical (unpaired) electrons. The van der Waals surface area contributed by atoms with Crippen LogP contribution in [-0.4, -0.2) is 26.2 Å². The molecule has 2 aromatic heterocycles. The number of rotatable bonds is 5. The highest BCUT2D eigenvalue weighted by atomic mass is 16.5. The number of hydrogen-bond donors (Lipinski definition) is 2. The molecule has 0 spiro atoms. The van der Waals surface area contributed by atoms with Crippen LogP contribution >= 0.6 is 0 Å². The molecule has 0 saturated heterocycles. The fraction of sp³-hybridized carbons (Fsp3) is 0.333. The van der Waals surface area contributed by atoms with Crippen LogP contribution in [0.2, 0.25) is 0 Å². The molecule has 0 fully saturated rings. The highest BCUT2D eigenvalue weighted by molar-refractivity contribution is 5.88. The molecule has 2 aromatic rings. The van der Waals surface area contributed by atoms with Gasteiger partial charge in [-0.05, 0) is 18.6 Å². The number of carbonyl (C=O) groups is 1. The Morgan fingerprint density at radius 2 is 2.21 bits per heavy atom. The van der Waals surface area contributed by atoms with Crippen molar-refractivity contribution in [1.82, 2.24) is 15.1 Å². The topological polar surface area (TPSA) is 101 Å². The normalized spacial score (nSPS) is 10.4. The van der Waals surface area contributed by atoms with Crippen molar-refractivity contribution >= 4 is 11.8 Å². The quantitative estimate of drug-likeness (QED) is 0.844. The van der Waals surface area contributed by atoms with E-state index < -0.39 is 5.97 Å².